The Bertz CT molecular complexity index is 113. The molecule has 0 aromatic carbocycles. The van der Waals surface area contributed by atoms with E-state index in [4.69, 9.17) is 15.6 Å². The molecule has 0 amide bonds. The standard InChI is InChI=1S/C6H13NO3.2ClH/c1-5(6(8)9)10-4-2-3-7;;/h5H,2-4,7H2,1H3,(H,8,9);2*1H. The lowest BCUT2D eigenvalue weighted by atomic mass is 10.4. The van der Waals surface area contributed by atoms with Gasteiger partial charge in [0.1, 0.15) is 0 Å². The first-order chi connectivity index (χ1) is 4.68. The molecule has 12 heavy (non-hydrogen) atoms. The van der Waals surface area contributed by atoms with Crippen LogP contribution in [0, 0.1) is 0 Å². The number of nitrogens with two attached hydrogens (primary N) is 1. The fourth-order valence-corrected chi connectivity index (χ4v) is 0.415. The maximum atomic E-state index is 10.1. The van der Waals surface area contributed by atoms with Gasteiger partial charge in [-0.2, -0.15) is 0 Å². The van der Waals surface area contributed by atoms with Crippen LogP contribution >= 0.6 is 24.8 Å². The molecule has 0 spiro atoms. The van der Waals surface area contributed by atoms with Crippen LogP contribution in [0.15, 0.2) is 0 Å². The van der Waals surface area contributed by atoms with Gasteiger partial charge in [-0.15, -0.1) is 24.8 Å². The molecule has 0 aliphatic rings. The maximum absolute atomic E-state index is 10.1. The van der Waals surface area contributed by atoms with Gasteiger partial charge in [-0.05, 0) is 19.9 Å². The molecule has 0 saturated carbocycles. The molecular formula is C6H15Cl2NO3. The summed E-state index contributed by atoms with van der Waals surface area (Å²) in [5, 5.41) is 8.33. The first-order valence-corrected chi connectivity index (χ1v) is 3.23. The molecule has 0 aliphatic heterocycles. The predicted octanol–water partition coefficient (Wildman–Crippen LogP) is 0.668. The van der Waals surface area contributed by atoms with Crippen molar-refractivity contribution in [1.29, 1.82) is 0 Å². The molecule has 0 aromatic rings. The Balaban J connectivity index is -0.000000405. The number of hydrogen-bond acceptors (Lipinski definition) is 3. The minimum Gasteiger partial charge on any atom is -0.479 e. The Morgan fingerprint density at radius 2 is 2.08 bits per heavy atom. The minimum absolute atomic E-state index is 0. The second kappa shape index (κ2) is 11.0. The van der Waals surface area contributed by atoms with Gasteiger partial charge in [-0.25, -0.2) is 4.79 Å². The molecule has 0 aliphatic carbocycles. The van der Waals surface area contributed by atoms with Crippen molar-refractivity contribution in [3.05, 3.63) is 0 Å². The first-order valence-electron chi connectivity index (χ1n) is 3.23. The van der Waals surface area contributed by atoms with Crippen LogP contribution in [-0.2, 0) is 9.53 Å². The summed E-state index contributed by atoms with van der Waals surface area (Å²) in [5.74, 6) is -0.933. The van der Waals surface area contributed by atoms with Crippen LogP contribution in [0.2, 0.25) is 0 Å². The summed E-state index contributed by atoms with van der Waals surface area (Å²) in [6.45, 7) is 2.45. The van der Waals surface area contributed by atoms with Gasteiger partial charge in [0.05, 0.1) is 0 Å². The van der Waals surface area contributed by atoms with Gasteiger partial charge < -0.3 is 15.6 Å². The highest BCUT2D eigenvalue weighted by Crippen LogP contribution is 1.90. The van der Waals surface area contributed by atoms with Crippen LogP contribution in [0.4, 0.5) is 0 Å². The fraction of sp³-hybridized carbons (Fsp3) is 0.833. The Labute approximate surface area is 84.3 Å². The van der Waals surface area contributed by atoms with Gasteiger partial charge in [-0.1, -0.05) is 0 Å². The molecule has 0 bridgehead atoms. The Morgan fingerprint density at radius 1 is 1.58 bits per heavy atom. The van der Waals surface area contributed by atoms with E-state index in [2.05, 4.69) is 0 Å². The molecule has 0 fully saturated rings. The van der Waals surface area contributed by atoms with Crippen molar-refractivity contribution in [1.82, 2.24) is 0 Å². The Hall–Kier alpha value is -0.0300. The average Bonchev–Trinajstić information content (AvgIpc) is 1.88. The van der Waals surface area contributed by atoms with E-state index >= 15 is 0 Å². The molecule has 3 N–H and O–H groups in total. The van der Waals surface area contributed by atoms with E-state index in [-0.39, 0.29) is 24.8 Å². The van der Waals surface area contributed by atoms with Crippen molar-refractivity contribution in [2.24, 2.45) is 5.73 Å². The third kappa shape index (κ3) is 9.97. The lowest BCUT2D eigenvalue weighted by Crippen LogP contribution is -2.21. The van der Waals surface area contributed by atoms with Gasteiger partial charge in [0, 0.05) is 6.61 Å². The molecule has 76 valence electrons. The zero-order valence-corrected chi connectivity index (χ0v) is 8.49. The van der Waals surface area contributed by atoms with Crippen LogP contribution in [0.1, 0.15) is 13.3 Å². The quantitative estimate of drug-likeness (QED) is 0.668. The van der Waals surface area contributed by atoms with E-state index < -0.39 is 12.1 Å². The van der Waals surface area contributed by atoms with Crippen LogP contribution in [0.3, 0.4) is 0 Å². The van der Waals surface area contributed by atoms with Crippen molar-refractivity contribution in [2.75, 3.05) is 13.2 Å². The van der Waals surface area contributed by atoms with Crippen LogP contribution in [0.5, 0.6) is 0 Å². The van der Waals surface area contributed by atoms with Crippen molar-refractivity contribution in [3.8, 4) is 0 Å². The smallest absolute Gasteiger partial charge is 0.332 e. The van der Waals surface area contributed by atoms with Crippen molar-refractivity contribution in [2.45, 2.75) is 19.4 Å². The highest BCUT2D eigenvalue weighted by atomic mass is 35.5. The van der Waals surface area contributed by atoms with Gasteiger partial charge in [-0.3, -0.25) is 0 Å². The van der Waals surface area contributed by atoms with Gasteiger partial charge >= 0.3 is 5.97 Å². The molecule has 0 radical (unpaired) electrons. The highest BCUT2D eigenvalue weighted by molar-refractivity contribution is 5.85. The number of carbonyl (C=O) groups is 1. The van der Waals surface area contributed by atoms with E-state index in [1.807, 2.05) is 0 Å². The predicted molar refractivity (Wildman–Crippen MR) is 51.2 cm³/mol. The Kier molecular flexibility index (Phi) is 16.4. The molecule has 4 nitrogen and oxygen atoms in total. The average molecular weight is 220 g/mol. The number of rotatable bonds is 5. The maximum Gasteiger partial charge on any atom is 0.332 e. The normalized spacial score (nSPS) is 10.8. The minimum atomic E-state index is -0.933. The van der Waals surface area contributed by atoms with Crippen molar-refractivity contribution >= 4 is 30.8 Å². The summed E-state index contributed by atoms with van der Waals surface area (Å²) in [5.41, 5.74) is 5.16. The number of aliphatic carboxylic acids is 1. The van der Waals surface area contributed by atoms with E-state index in [0.717, 1.165) is 0 Å². The Morgan fingerprint density at radius 3 is 2.42 bits per heavy atom. The molecule has 1 unspecified atom stereocenters. The first kappa shape index (κ1) is 17.9. The molecule has 0 aromatic heterocycles. The molecule has 0 saturated heterocycles. The lowest BCUT2D eigenvalue weighted by Gasteiger charge is -2.06. The lowest BCUT2D eigenvalue weighted by molar-refractivity contribution is -0.149. The topological polar surface area (TPSA) is 72.5 Å². The summed E-state index contributed by atoms with van der Waals surface area (Å²) >= 11 is 0. The van der Waals surface area contributed by atoms with Gasteiger partial charge in [0.25, 0.3) is 0 Å². The second-order valence-electron chi connectivity index (χ2n) is 1.99. The number of hydrogen-bond donors (Lipinski definition) is 2. The van der Waals surface area contributed by atoms with E-state index in [1.165, 1.54) is 6.92 Å². The fourth-order valence-electron chi connectivity index (χ4n) is 0.415. The number of carboxylic acid groups (broad SMARTS) is 1. The molecular weight excluding hydrogens is 205 g/mol. The summed E-state index contributed by atoms with van der Waals surface area (Å²) in [6.07, 6.45) is -0.0102. The monoisotopic (exact) mass is 219 g/mol. The largest absolute Gasteiger partial charge is 0.479 e. The highest BCUT2D eigenvalue weighted by Gasteiger charge is 2.09. The summed E-state index contributed by atoms with van der Waals surface area (Å²) < 4.78 is 4.86. The number of halogens is 2. The van der Waals surface area contributed by atoms with E-state index in [0.29, 0.717) is 19.6 Å². The third-order valence-corrected chi connectivity index (χ3v) is 1.06. The SMILES string of the molecule is CC(OCCCN)C(=O)O.Cl.Cl. The molecule has 0 rings (SSSR count). The molecule has 6 heteroatoms. The zero-order chi connectivity index (χ0) is 7.98. The van der Waals surface area contributed by atoms with E-state index in [1.54, 1.807) is 0 Å². The third-order valence-electron chi connectivity index (χ3n) is 1.06. The zero-order valence-electron chi connectivity index (χ0n) is 6.86. The van der Waals surface area contributed by atoms with Crippen LogP contribution < -0.4 is 5.73 Å². The molecule has 0 heterocycles. The number of ether oxygens (including phenoxy) is 1. The van der Waals surface area contributed by atoms with Crippen LogP contribution in [-0.4, -0.2) is 30.3 Å². The summed E-state index contributed by atoms with van der Waals surface area (Å²) in [7, 11) is 0. The summed E-state index contributed by atoms with van der Waals surface area (Å²) in [4.78, 5) is 10.1. The summed E-state index contributed by atoms with van der Waals surface area (Å²) in [6, 6.07) is 0. The second-order valence-corrected chi connectivity index (χ2v) is 1.99. The molecule has 1 atom stereocenters. The van der Waals surface area contributed by atoms with Crippen LogP contribution in [0.25, 0.3) is 0 Å². The van der Waals surface area contributed by atoms with Gasteiger partial charge in [0.15, 0.2) is 6.10 Å². The van der Waals surface area contributed by atoms with E-state index in [9.17, 15) is 4.79 Å². The van der Waals surface area contributed by atoms with Crippen molar-refractivity contribution in [3.63, 3.8) is 0 Å². The van der Waals surface area contributed by atoms with Crippen molar-refractivity contribution < 1.29 is 14.6 Å². The van der Waals surface area contributed by atoms with Gasteiger partial charge in [0.2, 0.25) is 0 Å². The number of carboxylic acids is 1.